The van der Waals surface area contributed by atoms with Gasteiger partial charge in [-0.1, -0.05) is 57.6 Å². The lowest BCUT2D eigenvalue weighted by molar-refractivity contribution is -0.142. The Morgan fingerprint density at radius 2 is 1.87 bits per heavy atom. The molecule has 0 aromatic heterocycles. The Morgan fingerprint density at radius 3 is 2.52 bits per heavy atom. The Kier molecular flexibility index (Phi) is 8.95. The summed E-state index contributed by atoms with van der Waals surface area (Å²) >= 11 is 0. The molecule has 0 aliphatic heterocycles. The first kappa shape index (κ1) is 19.1. The molecule has 0 unspecified atom stereocenters. The Labute approximate surface area is 137 Å². The molecule has 0 saturated carbocycles. The fourth-order valence-electron chi connectivity index (χ4n) is 2.46. The van der Waals surface area contributed by atoms with Crippen molar-refractivity contribution >= 4 is 11.9 Å². The highest BCUT2D eigenvalue weighted by molar-refractivity contribution is 5.84. The van der Waals surface area contributed by atoms with E-state index in [2.05, 4.69) is 12.2 Å². The molecule has 1 atom stereocenters. The van der Waals surface area contributed by atoms with Crippen LogP contribution in [0.5, 0.6) is 0 Å². The first-order chi connectivity index (χ1) is 11.0. The van der Waals surface area contributed by atoms with E-state index in [1.807, 2.05) is 0 Å². The Morgan fingerprint density at radius 1 is 1.17 bits per heavy atom. The van der Waals surface area contributed by atoms with E-state index < -0.39 is 23.7 Å². The number of hydrogen-bond acceptors (Lipinski definition) is 2. The Bertz CT molecular complexity index is 505. The molecule has 5 heteroatoms. The van der Waals surface area contributed by atoms with Crippen molar-refractivity contribution in [3.63, 3.8) is 0 Å². The van der Waals surface area contributed by atoms with Gasteiger partial charge >= 0.3 is 5.97 Å². The number of carbonyl (C=O) groups is 2. The fraction of sp³-hybridized carbons (Fsp3) is 0.556. The SMILES string of the molecule is CCCCCCCC[C@H](NC(=O)Cc1cccc(F)c1)C(=O)O. The van der Waals surface area contributed by atoms with Crippen molar-refractivity contribution in [1.82, 2.24) is 5.32 Å². The van der Waals surface area contributed by atoms with Gasteiger partial charge in [-0.15, -0.1) is 0 Å². The normalized spacial score (nSPS) is 11.9. The summed E-state index contributed by atoms with van der Waals surface area (Å²) in [5.74, 6) is -1.82. The van der Waals surface area contributed by atoms with Crippen LogP contribution < -0.4 is 5.32 Å². The smallest absolute Gasteiger partial charge is 0.326 e. The Hall–Kier alpha value is -1.91. The highest BCUT2D eigenvalue weighted by Gasteiger charge is 2.19. The molecule has 1 aromatic rings. The predicted molar refractivity (Wildman–Crippen MR) is 87.7 cm³/mol. The van der Waals surface area contributed by atoms with Crippen LogP contribution in [0.25, 0.3) is 0 Å². The molecule has 0 heterocycles. The van der Waals surface area contributed by atoms with Crippen molar-refractivity contribution in [3.8, 4) is 0 Å². The van der Waals surface area contributed by atoms with Gasteiger partial charge in [-0.3, -0.25) is 4.79 Å². The molecule has 0 spiro atoms. The highest BCUT2D eigenvalue weighted by atomic mass is 19.1. The summed E-state index contributed by atoms with van der Waals surface area (Å²) < 4.78 is 13.1. The number of carboxylic acids is 1. The minimum atomic E-state index is -1.02. The molecule has 1 aromatic carbocycles. The number of unbranched alkanes of at least 4 members (excludes halogenated alkanes) is 5. The fourth-order valence-corrected chi connectivity index (χ4v) is 2.46. The van der Waals surface area contributed by atoms with E-state index in [9.17, 15) is 19.1 Å². The van der Waals surface area contributed by atoms with Gasteiger partial charge in [0.15, 0.2) is 0 Å². The van der Waals surface area contributed by atoms with Gasteiger partial charge in [0.05, 0.1) is 6.42 Å². The second-order valence-corrected chi connectivity index (χ2v) is 5.82. The molecule has 1 rings (SSSR count). The molecule has 128 valence electrons. The Balaban J connectivity index is 2.36. The van der Waals surface area contributed by atoms with Gasteiger partial charge in [-0.25, -0.2) is 9.18 Å². The molecule has 4 nitrogen and oxygen atoms in total. The van der Waals surface area contributed by atoms with Crippen LogP contribution in [0, 0.1) is 5.82 Å². The van der Waals surface area contributed by atoms with E-state index in [4.69, 9.17) is 0 Å². The van der Waals surface area contributed by atoms with Gasteiger partial charge in [0, 0.05) is 0 Å². The largest absolute Gasteiger partial charge is 0.480 e. The lowest BCUT2D eigenvalue weighted by Gasteiger charge is -2.14. The van der Waals surface area contributed by atoms with Crippen molar-refractivity contribution in [2.45, 2.75) is 64.3 Å². The van der Waals surface area contributed by atoms with Crippen LogP contribution in [-0.4, -0.2) is 23.0 Å². The van der Waals surface area contributed by atoms with E-state index in [0.29, 0.717) is 12.0 Å². The van der Waals surface area contributed by atoms with Crippen LogP contribution in [0.1, 0.15) is 57.4 Å². The van der Waals surface area contributed by atoms with Gasteiger partial charge in [-0.05, 0) is 24.1 Å². The minimum absolute atomic E-state index is 0.0158. The van der Waals surface area contributed by atoms with Gasteiger partial charge in [0.25, 0.3) is 0 Å². The molecular formula is C18H26FNO3. The number of benzene rings is 1. The quantitative estimate of drug-likeness (QED) is 0.610. The average molecular weight is 323 g/mol. The second-order valence-electron chi connectivity index (χ2n) is 5.82. The third kappa shape index (κ3) is 8.33. The maximum absolute atomic E-state index is 13.1. The topological polar surface area (TPSA) is 66.4 Å². The van der Waals surface area contributed by atoms with Crippen LogP contribution in [-0.2, 0) is 16.0 Å². The molecule has 2 N–H and O–H groups in total. The highest BCUT2D eigenvalue weighted by Crippen LogP contribution is 2.10. The molecule has 0 bridgehead atoms. The van der Waals surface area contributed by atoms with E-state index in [0.717, 1.165) is 19.3 Å². The summed E-state index contributed by atoms with van der Waals surface area (Å²) in [5, 5.41) is 11.7. The van der Waals surface area contributed by atoms with Gasteiger partial charge in [0.2, 0.25) is 5.91 Å². The molecule has 0 aliphatic carbocycles. The number of rotatable bonds is 11. The number of carboxylic acid groups (broad SMARTS) is 1. The molecule has 23 heavy (non-hydrogen) atoms. The zero-order valence-corrected chi connectivity index (χ0v) is 13.7. The maximum Gasteiger partial charge on any atom is 0.326 e. The van der Waals surface area contributed by atoms with Gasteiger partial charge in [0.1, 0.15) is 11.9 Å². The number of nitrogens with one attached hydrogen (secondary N) is 1. The van der Waals surface area contributed by atoms with E-state index in [1.54, 1.807) is 6.07 Å². The van der Waals surface area contributed by atoms with E-state index in [-0.39, 0.29) is 6.42 Å². The molecule has 0 fully saturated rings. The summed E-state index contributed by atoms with van der Waals surface area (Å²) in [6.45, 7) is 2.15. The van der Waals surface area contributed by atoms with E-state index >= 15 is 0 Å². The number of amides is 1. The first-order valence-electron chi connectivity index (χ1n) is 8.29. The number of hydrogen-bond donors (Lipinski definition) is 2. The van der Waals surface area contributed by atoms with Crippen LogP contribution >= 0.6 is 0 Å². The summed E-state index contributed by atoms with van der Waals surface area (Å²) in [6, 6.07) is 4.89. The monoisotopic (exact) mass is 323 g/mol. The van der Waals surface area contributed by atoms with Crippen molar-refractivity contribution in [3.05, 3.63) is 35.6 Å². The predicted octanol–water partition coefficient (Wildman–Crippen LogP) is 3.69. The summed E-state index contributed by atoms with van der Waals surface area (Å²) in [4.78, 5) is 23.1. The number of aliphatic carboxylic acids is 1. The van der Waals surface area contributed by atoms with Gasteiger partial charge < -0.3 is 10.4 Å². The third-order valence-electron chi connectivity index (χ3n) is 3.73. The van der Waals surface area contributed by atoms with Crippen molar-refractivity contribution in [2.24, 2.45) is 0 Å². The summed E-state index contributed by atoms with van der Waals surface area (Å²) in [7, 11) is 0. The first-order valence-corrected chi connectivity index (χ1v) is 8.29. The molecular weight excluding hydrogens is 297 g/mol. The number of halogens is 1. The summed E-state index contributed by atoms with van der Waals surface area (Å²) in [5.41, 5.74) is 0.534. The lowest BCUT2D eigenvalue weighted by Crippen LogP contribution is -2.41. The lowest BCUT2D eigenvalue weighted by atomic mass is 10.1. The zero-order chi connectivity index (χ0) is 17.1. The standard InChI is InChI=1S/C18H26FNO3/c1-2-3-4-5-6-7-11-16(18(22)23)20-17(21)13-14-9-8-10-15(19)12-14/h8-10,12,16H,2-7,11,13H2,1H3,(H,20,21)(H,22,23)/t16-/m0/s1. The molecule has 0 saturated heterocycles. The van der Waals surface area contributed by atoms with Crippen molar-refractivity contribution in [1.29, 1.82) is 0 Å². The maximum atomic E-state index is 13.1. The van der Waals surface area contributed by atoms with Gasteiger partial charge in [-0.2, -0.15) is 0 Å². The molecule has 0 radical (unpaired) electrons. The zero-order valence-electron chi connectivity index (χ0n) is 13.7. The minimum Gasteiger partial charge on any atom is -0.480 e. The molecule has 0 aliphatic rings. The second kappa shape index (κ2) is 10.8. The summed E-state index contributed by atoms with van der Waals surface area (Å²) in [6.07, 6.45) is 6.80. The third-order valence-corrected chi connectivity index (χ3v) is 3.73. The molecule has 1 amide bonds. The van der Waals surface area contributed by atoms with Crippen LogP contribution in [0.4, 0.5) is 4.39 Å². The van der Waals surface area contributed by atoms with Crippen molar-refractivity contribution in [2.75, 3.05) is 0 Å². The van der Waals surface area contributed by atoms with Crippen LogP contribution in [0.2, 0.25) is 0 Å². The van der Waals surface area contributed by atoms with E-state index in [1.165, 1.54) is 37.5 Å². The average Bonchev–Trinajstić information content (AvgIpc) is 2.49. The number of carbonyl (C=O) groups excluding carboxylic acids is 1. The van der Waals surface area contributed by atoms with Crippen molar-refractivity contribution < 1.29 is 19.1 Å². The van der Waals surface area contributed by atoms with Crippen LogP contribution in [0.15, 0.2) is 24.3 Å². The van der Waals surface area contributed by atoms with Crippen LogP contribution in [0.3, 0.4) is 0 Å².